The van der Waals surface area contributed by atoms with Crippen molar-refractivity contribution in [3.63, 3.8) is 0 Å². The Hall–Kier alpha value is -3.14. The predicted molar refractivity (Wildman–Crippen MR) is 156 cm³/mol. The number of hydrogen-bond donors (Lipinski definition) is 1. The van der Waals surface area contributed by atoms with E-state index in [1.807, 2.05) is 20.8 Å². The molecule has 11 heteroatoms. The molecule has 1 N–H and O–H groups in total. The van der Waals surface area contributed by atoms with Crippen LogP contribution in [0.5, 0.6) is 0 Å². The number of nitrogens with zero attached hydrogens (tertiary/aromatic N) is 2. The normalized spacial score (nSPS) is 12.5. The molecule has 0 fully saturated rings. The standard InChI is InChI=1S/C29H32Cl2FN3O4S/c1-5-25(28(37)33-29(2,3)4)34(18-20-11-14-22(32)15-12-20)27(36)19-35(26-17-21(30)13-16-24(26)31)40(38,39)23-9-7-6-8-10-23/h6-17,25H,5,18-19H2,1-4H3,(H,33,37)/t25-/m0/s1. The van der Waals surface area contributed by atoms with Crippen LogP contribution in [-0.2, 0) is 26.2 Å². The molecule has 214 valence electrons. The van der Waals surface area contributed by atoms with Crippen molar-refractivity contribution < 1.29 is 22.4 Å². The van der Waals surface area contributed by atoms with Gasteiger partial charge in [0.15, 0.2) is 0 Å². The Kier molecular flexibility index (Phi) is 10.2. The highest BCUT2D eigenvalue weighted by atomic mass is 35.5. The number of anilines is 1. The van der Waals surface area contributed by atoms with E-state index in [0.29, 0.717) is 5.56 Å². The second-order valence-electron chi connectivity index (χ2n) is 10.2. The third-order valence-corrected chi connectivity index (χ3v) is 8.27. The number of rotatable bonds is 10. The van der Waals surface area contributed by atoms with Gasteiger partial charge in [-0.3, -0.25) is 13.9 Å². The first-order valence-electron chi connectivity index (χ1n) is 12.6. The van der Waals surface area contributed by atoms with E-state index in [4.69, 9.17) is 23.2 Å². The fourth-order valence-electron chi connectivity index (χ4n) is 4.07. The molecule has 0 aliphatic carbocycles. The van der Waals surface area contributed by atoms with Crippen molar-refractivity contribution in [3.05, 3.63) is 94.2 Å². The van der Waals surface area contributed by atoms with Crippen LogP contribution in [0.3, 0.4) is 0 Å². The largest absolute Gasteiger partial charge is 0.350 e. The minimum Gasteiger partial charge on any atom is -0.350 e. The van der Waals surface area contributed by atoms with Crippen LogP contribution in [0.1, 0.15) is 39.7 Å². The molecule has 1 atom stereocenters. The van der Waals surface area contributed by atoms with Gasteiger partial charge in [0, 0.05) is 17.1 Å². The Labute approximate surface area is 244 Å². The summed E-state index contributed by atoms with van der Waals surface area (Å²) < 4.78 is 42.2. The van der Waals surface area contributed by atoms with Gasteiger partial charge in [-0.15, -0.1) is 0 Å². The van der Waals surface area contributed by atoms with Gasteiger partial charge in [0.2, 0.25) is 11.8 Å². The van der Waals surface area contributed by atoms with E-state index in [0.717, 1.165) is 4.31 Å². The van der Waals surface area contributed by atoms with Crippen LogP contribution in [0.15, 0.2) is 77.7 Å². The number of carbonyl (C=O) groups excluding carboxylic acids is 2. The molecule has 3 aromatic rings. The average Bonchev–Trinajstić information content (AvgIpc) is 2.89. The van der Waals surface area contributed by atoms with Crippen molar-refractivity contribution in [1.29, 1.82) is 0 Å². The maximum atomic E-state index is 14.0. The molecule has 3 rings (SSSR count). The first kappa shape index (κ1) is 31.4. The molecule has 40 heavy (non-hydrogen) atoms. The number of nitrogens with one attached hydrogen (secondary N) is 1. The fraction of sp³-hybridized carbons (Fsp3) is 0.310. The molecule has 2 amide bonds. The maximum Gasteiger partial charge on any atom is 0.264 e. The van der Waals surface area contributed by atoms with Gasteiger partial charge < -0.3 is 10.2 Å². The van der Waals surface area contributed by atoms with Crippen LogP contribution in [0.25, 0.3) is 0 Å². The van der Waals surface area contributed by atoms with Gasteiger partial charge in [-0.2, -0.15) is 0 Å². The number of sulfonamides is 1. The Morgan fingerprint density at radius 1 is 0.975 bits per heavy atom. The van der Waals surface area contributed by atoms with Crippen molar-refractivity contribution in [2.24, 2.45) is 0 Å². The SMILES string of the molecule is CC[C@@H](C(=O)NC(C)(C)C)N(Cc1ccc(F)cc1)C(=O)CN(c1cc(Cl)ccc1Cl)S(=O)(=O)c1ccccc1. The van der Waals surface area contributed by atoms with Gasteiger partial charge in [-0.05, 0) is 75.2 Å². The minimum absolute atomic E-state index is 0.0142. The lowest BCUT2D eigenvalue weighted by atomic mass is 10.1. The second kappa shape index (κ2) is 13.0. The van der Waals surface area contributed by atoms with Crippen LogP contribution < -0.4 is 9.62 Å². The number of benzene rings is 3. The topological polar surface area (TPSA) is 86.8 Å². The van der Waals surface area contributed by atoms with E-state index in [2.05, 4.69) is 5.32 Å². The quantitative estimate of drug-likeness (QED) is 0.304. The lowest BCUT2D eigenvalue weighted by molar-refractivity contribution is -0.141. The molecule has 0 saturated carbocycles. The lowest BCUT2D eigenvalue weighted by Gasteiger charge is -2.35. The zero-order valence-corrected chi connectivity index (χ0v) is 25.0. The molecule has 0 heterocycles. The zero-order chi connectivity index (χ0) is 29.7. The van der Waals surface area contributed by atoms with E-state index in [9.17, 15) is 22.4 Å². The van der Waals surface area contributed by atoms with Crippen molar-refractivity contribution in [1.82, 2.24) is 10.2 Å². The number of amides is 2. The zero-order valence-electron chi connectivity index (χ0n) is 22.7. The van der Waals surface area contributed by atoms with Crippen LogP contribution in [0.2, 0.25) is 10.0 Å². The molecular formula is C29H32Cl2FN3O4S. The summed E-state index contributed by atoms with van der Waals surface area (Å²) in [7, 11) is -4.29. The number of halogens is 3. The third kappa shape index (κ3) is 7.96. The van der Waals surface area contributed by atoms with Crippen molar-refractivity contribution in [2.75, 3.05) is 10.8 Å². The third-order valence-electron chi connectivity index (χ3n) is 5.94. The van der Waals surface area contributed by atoms with Crippen LogP contribution in [0, 0.1) is 5.82 Å². The van der Waals surface area contributed by atoms with Crippen LogP contribution in [0.4, 0.5) is 10.1 Å². The Balaban J connectivity index is 2.10. The van der Waals surface area contributed by atoms with E-state index in [-0.39, 0.29) is 33.6 Å². The summed E-state index contributed by atoms with van der Waals surface area (Å²) >= 11 is 12.6. The highest BCUT2D eigenvalue weighted by Crippen LogP contribution is 2.33. The molecule has 7 nitrogen and oxygen atoms in total. The van der Waals surface area contributed by atoms with Crippen LogP contribution >= 0.6 is 23.2 Å². The highest BCUT2D eigenvalue weighted by Gasteiger charge is 2.35. The summed E-state index contributed by atoms with van der Waals surface area (Å²) in [6.07, 6.45) is 0.248. The van der Waals surface area contributed by atoms with Crippen molar-refractivity contribution in [3.8, 4) is 0 Å². The summed E-state index contributed by atoms with van der Waals surface area (Å²) in [6.45, 7) is 6.48. The number of carbonyl (C=O) groups is 2. The van der Waals surface area contributed by atoms with E-state index in [1.54, 1.807) is 25.1 Å². The molecular weight excluding hydrogens is 576 g/mol. The molecule has 0 aliphatic rings. The molecule has 0 bridgehead atoms. The minimum atomic E-state index is -4.29. The summed E-state index contributed by atoms with van der Waals surface area (Å²) in [5.41, 5.74) is 0.00170. The summed E-state index contributed by atoms with van der Waals surface area (Å²) in [6, 6.07) is 16.5. The summed E-state index contributed by atoms with van der Waals surface area (Å²) in [4.78, 5) is 28.6. The Bertz CT molecular complexity index is 1450. The van der Waals surface area contributed by atoms with Gasteiger partial charge in [-0.25, -0.2) is 12.8 Å². The first-order chi connectivity index (χ1) is 18.7. The lowest BCUT2D eigenvalue weighted by Crippen LogP contribution is -2.55. The van der Waals surface area contributed by atoms with E-state index >= 15 is 0 Å². The molecule has 0 saturated heterocycles. The van der Waals surface area contributed by atoms with Crippen molar-refractivity contribution in [2.45, 2.75) is 57.1 Å². The van der Waals surface area contributed by atoms with Gasteiger partial charge >= 0.3 is 0 Å². The molecule has 0 unspecified atom stereocenters. The predicted octanol–water partition coefficient (Wildman–Crippen LogP) is 6.05. The molecule has 0 aliphatic heterocycles. The van der Waals surface area contributed by atoms with E-state index < -0.39 is 45.8 Å². The van der Waals surface area contributed by atoms with Gasteiger partial charge in [-0.1, -0.05) is 60.5 Å². The second-order valence-corrected chi connectivity index (χ2v) is 12.9. The first-order valence-corrected chi connectivity index (χ1v) is 14.8. The Morgan fingerprint density at radius 2 is 1.60 bits per heavy atom. The maximum absolute atomic E-state index is 14.0. The van der Waals surface area contributed by atoms with Gasteiger partial charge in [0.25, 0.3) is 10.0 Å². The molecule has 0 radical (unpaired) electrons. The smallest absolute Gasteiger partial charge is 0.264 e. The summed E-state index contributed by atoms with van der Waals surface area (Å²) in [5, 5.41) is 3.19. The number of hydrogen-bond acceptors (Lipinski definition) is 4. The van der Waals surface area contributed by atoms with Crippen molar-refractivity contribution >= 4 is 50.7 Å². The Morgan fingerprint density at radius 3 is 2.17 bits per heavy atom. The fourth-order valence-corrected chi connectivity index (χ4v) is 5.95. The highest BCUT2D eigenvalue weighted by molar-refractivity contribution is 7.92. The molecule has 0 spiro atoms. The van der Waals surface area contributed by atoms with Crippen LogP contribution in [-0.4, -0.2) is 43.3 Å². The molecule has 0 aromatic heterocycles. The molecule has 3 aromatic carbocycles. The summed E-state index contributed by atoms with van der Waals surface area (Å²) in [5.74, 6) is -1.51. The van der Waals surface area contributed by atoms with E-state index in [1.165, 1.54) is 59.5 Å². The van der Waals surface area contributed by atoms with Gasteiger partial charge in [0.05, 0.1) is 15.6 Å². The monoisotopic (exact) mass is 607 g/mol. The average molecular weight is 609 g/mol. The van der Waals surface area contributed by atoms with Gasteiger partial charge in [0.1, 0.15) is 18.4 Å².